The Hall–Kier alpha value is -3.72. The van der Waals surface area contributed by atoms with Gasteiger partial charge in [-0.3, -0.25) is 4.79 Å². The quantitative estimate of drug-likeness (QED) is 0.437. The number of ether oxygens (including phenoxy) is 1. The zero-order chi connectivity index (χ0) is 23.1. The summed E-state index contributed by atoms with van der Waals surface area (Å²) >= 11 is 0. The second-order valence-corrected chi connectivity index (χ2v) is 8.94. The lowest BCUT2D eigenvalue weighted by Crippen LogP contribution is -2.37. The van der Waals surface area contributed by atoms with E-state index in [0.29, 0.717) is 55.1 Å². The summed E-state index contributed by atoms with van der Waals surface area (Å²) in [5.74, 6) is 1.84. The first kappa shape index (κ1) is 20.9. The Kier molecular flexibility index (Phi) is 5.26. The highest BCUT2D eigenvalue weighted by Gasteiger charge is 2.28. The van der Waals surface area contributed by atoms with Gasteiger partial charge in [0, 0.05) is 44.5 Å². The Morgan fingerprint density at radius 2 is 1.91 bits per heavy atom. The van der Waals surface area contributed by atoms with Gasteiger partial charge in [-0.05, 0) is 24.3 Å². The molecule has 1 saturated carbocycles. The van der Waals surface area contributed by atoms with Crippen molar-refractivity contribution in [3.8, 4) is 17.1 Å². The number of rotatable bonds is 6. The molecule has 0 radical (unpaired) electrons. The van der Waals surface area contributed by atoms with Crippen LogP contribution >= 0.6 is 0 Å². The molecule has 3 aromatic heterocycles. The summed E-state index contributed by atoms with van der Waals surface area (Å²) in [7, 11) is 1.82. The number of anilines is 1. The molecule has 174 valence electrons. The highest BCUT2D eigenvalue weighted by Crippen LogP contribution is 2.32. The third-order valence-corrected chi connectivity index (χ3v) is 6.33. The largest absolute Gasteiger partial charge is 0.445 e. The number of morpholine rings is 1. The van der Waals surface area contributed by atoms with E-state index in [0.717, 1.165) is 17.7 Å². The van der Waals surface area contributed by atoms with Gasteiger partial charge in [0.15, 0.2) is 17.2 Å². The fraction of sp³-hybridized carbons (Fsp3) is 0.360. The first-order valence-electron chi connectivity index (χ1n) is 11.7. The third kappa shape index (κ3) is 4.03. The average Bonchev–Trinajstić information content (AvgIpc) is 3.38. The summed E-state index contributed by atoms with van der Waals surface area (Å²) in [5.41, 5.74) is 3.15. The number of hydrogen-bond donors (Lipinski definition) is 0. The maximum atomic E-state index is 13.0. The van der Waals surface area contributed by atoms with Crippen molar-refractivity contribution >= 4 is 22.8 Å². The van der Waals surface area contributed by atoms with Gasteiger partial charge in [0.1, 0.15) is 5.52 Å². The number of amides is 1. The van der Waals surface area contributed by atoms with E-state index in [1.807, 2.05) is 43.6 Å². The van der Waals surface area contributed by atoms with Crippen LogP contribution in [0.5, 0.6) is 0 Å². The van der Waals surface area contributed by atoms with Crippen LogP contribution in [0.1, 0.15) is 23.4 Å². The molecule has 34 heavy (non-hydrogen) atoms. The van der Waals surface area contributed by atoms with Crippen LogP contribution < -0.4 is 4.90 Å². The zero-order valence-electron chi connectivity index (χ0n) is 19.1. The molecule has 9 heteroatoms. The van der Waals surface area contributed by atoms with Crippen molar-refractivity contribution in [3.05, 3.63) is 54.6 Å². The summed E-state index contributed by atoms with van der Waals surface area (Å²) in [6.07, 6.45) is 6.08. The van der Waals surface area contributed by atoms with Crippen LogP contribution in [0.25, 0.3) is 28.2 Å². The number of aromatic nitrogens is 4. The van der Waals surface area contributed by atoms with E-state index in [4.69, 9.17) is 19.1 Å². The van der Waals surface area contributed by atoms with Gasteiger partial charge < -0.3 is 19.0 Å². The maximum Gasteiger partial charge on any atom is 0.289 e. The number of benzene rings is 1. The second kappa shape index (κ2) is 8.57. The van der Waals surface area contributed by atoms with E-state index < -0.39 is 0 Å². The van der Waals surface area contributed by atoms with Gasteiger partial charge in [0.2, 0.25) is 0 Å². The predicted molar refractivity (Wildman–Crippen MR) is 127 cm³/mol. The fourth-order valence-electron chi connectivity index (χ4n) is 4.27. The number of furan rings is 1. The minimum absolute atomic E-state index is 0.134. The number of nitrogens with zero attached hydrogens (tertiary/aromatic N) is 6. The van der Waals surface area contributed by atoms with Gasteiger partial charge in [-0.15, -0.1) is 0 Å². The molecular weight excluding hydrogens is 432 g/mol. The van der Waals surface area contributed by atoms with Crippen molar-refractivity contribution in [1.29, 1.82) is 0 Å². The first-order valence-corrected chi connectivity index (χ1v) is 11.7. The molecule has 0 spiro atoms. The van der Waals surface area contributed by atoms with Crippen LogP contribution in [0.3, 0.4) is 0 Å². The van der Waals surface area contributed by atoms with Crippen molar-refractivity contribution < 1.29 is 13.9 Å². The highest BCUT2D eigenvalue weighted by atomic mass is 16.5. The van der Waals surface area contributed by atoms with Crippen molar-refractivity contribution in [2.45, 2.75) is 12.8 Å². The van der Waals surface area contributed by atoms with E-state index >= 15 is 0 Å². The van der Waals surface area contributed by atoms with Gasteiger partial charge in [-0.25, -0.2) is 9.67 Å². The molecule has 4 heterocycles. The topological polar surface area (TPSA) is 89.5 Å². The standard InChI is InChI=1S/C25H26N6O3/c1-29(15-17-7-8-17)24(32)21-13-20-22(34-21)23(30-9-11-33-12-10-30)28-25(27-20)31-16-19(14-26-31)18-5-3-2-4-6-18/h2-6,13-14,16-17H,7-12,15H2,1H3. The molecule has 2 aliphatic rings. The smallest absolute Gasteiger partial charge is 0.289 e. The summed E-state index contributed by atoms with van der Waals surface area (Å²) in [4.78, 5) is 26.4. The SMILES string of the molecule is CN(CC1CC1)C(=O)c1cc2nc(-n3cc(-c4ccccc4)cn3)nc(N3CCOCC3)c2o1. The van der Waals surface area contributed by atoms with Gasteiger partial charge in [0.05, 0.1) is 19.4 Å². The normalized spacial score (nSPS) is 16.2. The van der Waals surface area contributed by atoms with Crippen molar-refractivity contribution in [2.24, 2.45) is 5.92 Å². The molecule has 4 aromatic rings. The van der Waals surface area contributed by atoms with Crippen LogP contribution in [0, 0.1) is 5.92 Å². The summed E-state index contributed by atoms with van der Waals surface area (Å²) in [5, 5.41) is 4.51. The minimum atomic E-state index is -0.134. The molecule has 0 atom stereocenters. The summed E-state index contributed by atoms with van der Waals surface area (Å²) in [6.45, 7) is 3.34. The Morgan fingerprint density at radius 3 is 2.68 bits per heavy atom. The van der Waals surface area contributed by atoms with Crippen molar-refractivity contribution in [2.75, 3.05) is 44.8 Å². The molecule has 0 N–H and O–H groups in total. The second-order valence-electron chi connectivity index (χ2n) is 8.94. The Labute approximate surface area is 197 Å². The van der Waals surface area contributed by atoms with Crippen molar-refractivity contribution in [1.82, 2.24) is 24.6 Å². The van der Waals surface area contributed by atoms with Crippen LogP contribution in [-0.4, -0.2) is 70.5 Å². The summed E-state index contributed by atoms with van der Waals surface area (Å²) < 4.78 is 13.3. The van der Waals surface area contributed by atoms with E-state index in [2.05, 4.69) is 10.00 Å². The molecule has 1 saturated heterocycles. The van der Waals surface area contributed by atoms with E-state index in [1.54, 1.807) is 21.8 Å². The molecule has 2 fully saturated rings. The molecule has 1 aliphatic heterocycles. The number of fused-ring (bicyclic) bond motifs is 1. The maximum absolute atomic E-state index is 13.0. The lowest BCUT2D eigenvalue weighted by atomic mass is 10.1. The van der Waals surface area contributed by atoms with E-state index in [9.17, 15) is 4.79 Å². The number of carbonyl (C=O) groups is 1. The Bertz CT molecular complexity index is 1320. The van der Waals surface area contributed by atoms with Crippen LogP contribution in [0.4, 0.5) is 5.82 Å². The highest BCUT2D eigenvalue weighted by molar-refractivity contribution is 5.97. The van der Waals surface area contributed by atoms with Gasteiger partial charge in [0.25, 0.3) is 11.9 Å². The van der Waals surface area contributed by atoms with Gasteiger partial charge in [-0.2, -0.15) is 10.1 Å². The fourth-order valence-corrected chi connectivity index (χ4v) is 4.27. The minimum Gasteiger partial charge on any atom is -0.445 e. The summed E-state index contributed by atoms with van der Waals surface area (Å²) in [6, 6.07) is 11.8. The molecular formula is C25H26N6O3. The van der Waals surface area contributed by atoms with Gasteiger partial charge >= 0.3 is 0 Å². The Morgan fingerprint density at radius 1 is 1.12 bits per heavy atom. The Balaban J connectivity index is 1.40. The number of hydrogen-bond acceptors (Lipinski definition) is 7. The molecule has 0 bridgehead atoms. The molecule has 0 unspecified atom stereocenters. The third-order valence-electron chi connectivity index (χ3n) is 6.33. The molecule has 6 rings (SSSR count). The first-order chi connectivity index (χ1) is 16.7. The predicted octanol–water partition coefficient (Wildman–Crippen LogP) is 3.39. The molecule has 9 nitrogen and oxygen atoms in total. The lowest BCUT2D eigenvalue weighted by molar-refractivity contribution is 0.0759. The van der Waals surface area contributed by atoms with Gasteiger partial charge in [-0.1, -0.05) is 30.3 Å². The molecule has 1 aliphatic carbocycles. The van der Waals surface area contributed by atoms with Crippen molar-refractivity contribution in [3.63, 3.8) is 0 Å². The van der Waals surface area contributed by atoms with Crippen LogP contribution in [-0.2, 0) is 4.74 Å². The molecule has 1 amide bonds. The monoisotopic (exact) mass is 458 g/mol. The molecule has 1 aromatic carbocycles. The average molecular weight is 459 g/mol. The lowest BCUT2D eigenvalue weighted by Gasteiger charge is -2.27. The van der Waals surface area contributed by atoms with Crippen LogP contribution in [0.15, 0.2) is 53.2 Å². The van der Waals surface area contributed by atoms with Crippen LogP contribution in [0.2, 0.25) is 0 Å². The number of carbonyl (C=O) groups excluding carboxylic acids is 1. The van der Waals surface area contributed by atoms with E-state index in [-0.39, 0.29) is 11.7 Å². The van der Waals surface area contributed by atoms with E-state index in [1.165, 1.54) is 12.8 Å². The zero-order valence-corrected chi connectivity index (χ0v) is 19.1.